The molecule has 1 aromatic heterocycles. The molecule has 0 amide bonds. The van der Waals surface area contributed by atoms with Crippen molar-refractivity contribution in [2.45, 2.75) is 0 Å². The molecule has 60 valence electrons. The highest BCUT2D eigenvalue weighted by Gasteiger charge is 2.03. The average Bonchev–Trinajstić information content (AvgIpc) is 2.04. The Morgan fingerprint density at radius 1 is 1.42 bits per heavy atom. The van der Waals surface area contributed by atoms with Crippen molar-refractivity contribution in [1.29, 1.82) is 0 Å². The van der Waals surface area contributed by atoms with Gasteiger partial charge in [0.2, 0.25) is 0 Å². The van der Waals surface area contributed by atoms with Gasteiger partial charge in [-0.05, 0) is 16.9 Å². The van der Waals surface area contributed by atoms with Crippen LogP contribution < -0.4 is 10.4 Å². The van der Waals surface area contributed by atoms with Gasteiger partial charge in [0.25, 0.3) is 0 Å². The summed E-state index contributed by atoms with van der Waals surface area (Å²) in [5, 5.41) is 7.28. The number of H-pyrrole nitrogens is 1. The van der Waals surface area contributed by atoms with Crippen LogP contribution in [0.1, 0.15) is 0 Å². The molecule has 0 atom stereocenters. The highest BCUT2D eigenvalue weighted by Crippen LogP contribution is 2.01. The molecule has 0 radical (unpaired) electrons. The molecular formula is C8H8N3O+. The third-order valence-electron chi connectivity index (χ3n) is 1.67. The number of aryl methyl sites for hydroxylation is 1. The van der Waals surface area contributed by atoms with Crippen molar-refractivity contribution in [1.82, 2.24) is 10.2 Å². The standard InChI is InChI=1S/C8H7N3O/c1-11-9-7-5-3-2-4-6(7)8(12)10-11/h2-5H,1H3/p+1. The Balaban J connectivity index is 2.99. The third-order valence-corrected chi connectivity index (χ3v) is 1.67. The maximum atomic E-state index is 11.3. The van der Waals surface area contributed by atoms with E-state index in [0.29, 0.717) is 10.9 Å². The highest BCUT2D eigenvalue weighted by atomic mass is 16.1. The number of fused-ring (bicyclic) bond motifs is 1. The first-order valence-electron chi connectivity index (χ1n) is 3.63. The number of benzene rings is 1. The molecular weight excluding hydrogens is 154 g/mol. The number of aromatic amines is 1. The summed E-state index contributed by atoms with van der Waals surface area (Å²) in [6.07, 6.45) is 0. The van der Waals surface area contributed by atoms with E-state index in [-0.39, 0.29) is 5.56 Å². The smallest absolute Gasteiger partial charge is 0.263 e. The van der Waals surface area contributed by atoms with Crippen LogP contribution in [0, 0.1) is 0 Å². The van der Waals surface area contributed by atoms with Crippen LogP contribution >= 0.6 is 0 Å². The molecule has 0 unspecified atom stereocenters. The Morgan fingerprint density at radius 3 is 3.00 bits per heavy atom. The van der Waals surface area contributed by atoms with Crippen molar-refractivity contribution in [2.75, 3.05) is 0 Å². The van der Waals surface area contributed by atoms with Crippen LogP contribution in [-0.4, -0.2) is 10.2 Å². The maximum Gasteiger partial charge on any atom is 0.309 e. The Kier molecular flexibility index (Phi) is 1.40. The van der Waals surface area contributed by atoms with Crippen molar-refractivity contribution in [2.24, 2.45) is 7.05 Å². The first-order chi connectivity index (χ1) is 5.77. The van der Waals surface area contributed by atoms with Crippen LogP contribution in [0.25, 0.3) is 10.9 Å². The summed E-state index contributed by atoms with van der Waals surface area (Å²) < 4.78 is 0. The van der Waals surface area contributed by atoms with E-state index < -0.39 is 0 Å². The maximum absolute atomic E-state index is 11.3. The fourth-order valence-corrected chi connectivity index (χ4v) is 1.15. The van der Waals surface area contributed by atoms with Crippen molar-refractivity contribution in [3.05, 3.63) is 34.6 Å². The van der Waals surface area contributed by atoms with Crippen LogP contribution in [-0.2, 0) is 7.05 Å². The minimum absolute atomic E-state index is 0.108. The normalized spacial score (nSPS) is 10.4. The molecule has 4 nitrogen and oxygen atoms in total. The summed E-state index contributed by atoms with van der Waals surface area (Å²) in [6, 6.07) is 7.24. The molecule has 0 aliphatic carbocycles. The van der Waals surface area contributed by atoms with Gasteiger partial charge in [-0.25, -0.2) is 0 Å². The van der Waals surface area contributed by atoms with Gasteiger partial charge in [0.15, 0.2) is 7.05 Å². The van der Waals surface area contributed by atoms with Crippen LogP contribution in [0.2, 0.25) is 0 Å². The Morgan fingerprint density at radius 2 is 2.17 bits per heavy atom. The molecule has 0 fully saturated rings. The Hall–Kier alpha value is -1.71. The fraction of sp³-hybridized carbons (Fsp3) is 0.125. The minimum Gasteiger partial charge on any atom is -0.263 e. The van der Waals surface area contributed by atoms with Gasteiger partial charge in [0, 0.05) is 5.10 Å². The molecule has 0 bridgehead atoms. The molecule has 1 aromatic carbocycles. The quantitative estimate of drug-likeness (QED) is 0.543. The monoisotopic (exact) mass is 162 g/mol. The van der Waals surface area contributed by atoms with E-state index in [2.05, 4.69) is 10.2 Å². The lowest BCUT2D eigenvalue weighted by Crippen LogP contribution is -2.42. The summed E-state index contributed by atoms with van der Waals surface area (Å²) in [4.78, 5) is 12.7. The molecule has 12 heavy (non-hydrogen) atoms. The van der Waals surface area contributed by atoms with E-state index in [1.54, 1.807) is 13.1 Å². The van der Waals surface area contributed by atoms with E-state index in [0.717, 1.165) is 0 Å². The predicted molar refractivity (Wildman–Crippen MR) is 43.5 cm³/mol. The van der Waals surface area contributed by atoms with Gasteiger partial charge < -0.3 is 0 Å². The minimum atomic E-state index is -0.108. The van der Waals surface area contributed by atoms with E-state index in [1.807, 2.05) is 18.2 Å². The molecule has 2 aromatic rings. The number of aromatic nitrogens is 3. The summed E-state index contributed by atoms with van der Waals surface area (Å²) >= 11 is 0. The second-order valence-corrected chi connectivity index (χ2v) is 2.58. The molecule has 1 heterocycles. The zero-order valence-electron chi connectivity index (χ0n) is 6.61. The topological polar surface area (TPSA) is 49.6 Å². The van der Waals surface area contributed by atoms with Gasteiger partial charge >= 0.3 is 5.56 Å². The van der Waals surface area contributed by atoms with Crippen LogP contribution in [0.15, 0.2) is 29.1 Å². The first kappa shape index (κ1) is 6.97. The van der Waals surface area contributed by atoms with Gasteiger partial charge in [-0.3, -0.25) is 4.79 Å². The van der Waals surface area contributed by atoms with Crippen molar-refractivity contribution < 1.29 is 4.80 Å². The number of hydrogen-bond donors (Lipinski definition) is 1. The van der Waals surface area contributed by atoms with E-state index >= 15 is 0 Å². The number of nitrogens with one attached hydrogen (secondary N) is 1. The zero-order valence-corrected chi connectivity index (χ0v) is 6.61. The lowest BCUT2D eigenvalue weighted by Gasteiger charge is -1.89. The first-order valence-corrected chi connectivity index (χ1v) is 3.63. The van der Waals surface area contributed by atoms with Gasteiger partial charge in [-0.2, -0.15) is 0 Å². The molecule has 4 heteroatoms. The number of hydrogen-bond acceptors (Lipinski definition) is 2. The lowest BCUT2D eigenvalue weighted by atomic mass is 10.2. The van der Waals surface area contributed by atoms with E-state index in [4.69, 9.17) is 0 Å². The molecule has 0 saturated carbocycles. The summed E-state index contributed by atoms with van der Waals surface area (Å²) in [7, 11) is 1.69. The van der Waals surface area contributed by atoms with E-state index in [9.17, 15) is 4.79 Å². The third kappa shape index (κ3) is 0.972. The Bertz CT molecular complexity index is 475. The summed E-state index contributed by atoms with van der Waals surface area (Å²) in [5.74, 6) is 0. The fourth-order valence-electron chi connectivity index (χ4n) is 1.15. The molecule has 0 aliphatic rings. The van der Waals surface area contributed by atoms with Gasteiger partial charge in [0.1, 0.15) is 5.52 Å². The predicted octanol–water partition coefficient (Wildman–Crippen LogP) is -0.252. The van der Waals surface area contributed by atoms with Crippen molar-refractivity contribution in [3.63, 3.8) is 0 Å². The molecule has 1 N–H and O–H groups in total. The second kappa shape index (κ2) is 2.41. The second-order valence-electron chi connectivity index (χ2n) is 2.58. The average molecular weight is 162 g/mol. The molecule has 0 spiro atoms. The van der Waals surface area contributed by atoms with Gasteiger partial charge in [-0.1, -0.05) is 12.1 Å². The zero-order chi connectivity index (χ0) is 8.55. The van der Waals surface area contributed by atoms with Crippen LogP contribution in [0.5, 0.6) is 0 Å². The highest BCUT2D eigenvalue weighted by molar-refractivity contribution is 5.75. The molecule has 0 saturated heterocycles. The van der Waals surface area contributed by atoms with Crippen molar-refractivity contribution in [3.8, 4) is 0 Å². The van der Waals surface area contributed by atoms with Gasteiger partial charge in [-0.15, -0.1) is 5.10 Å². The SMILES string of the molecule is C[n+]1nc2ccccc2c(=O)[nH]1. The summed E-state index contributed by atoms with van der Waals surface area (Å²) in [5.41, 5.74) is 0.604. The Labute approximate surface area is 68.4 Å². The van der Waals surface area contributed by atoms with Crippen molar-refractivity contribution >= 4 is 10.9 Å². The van der Waals surface area contributed by atoms with Crippen LogP contribution in [0.4, 0.5) is 0 Å². The lowest BCUT2D eigenvalue weighted by molar-refractivity contribution is -0.785. The number of rotatable bonds is 0. The summed E-state index contributed by atoms with van der Waals surface area (Å²) in [6.45, 7) is 0. The van der Waals surface area contributed by atoms with Gasteiger partial charge in [0.05, 0.1) is 5.39 Å². The molecule has 0 aliphatic heterocycles. The number of nitrogens with zero attached hydrogens (tertiary/aromatic N) is 2. The van der Waals surface area contributed by atoms with Crippen LogP contribution in [0.3, 0.4) is 0 Å². The largest absolute Gasteiger partial charge is 0.309 e. The van der Waals surface area contributed by atoms with E-state index in [1.165, 1.54) is 4.80 Å². The molecule has 2 rings (SSSR count).